The van der Waals surface area contributed by atoms with Gasteiger partial charge in [0.2, 0.25) is 0 Å². The zero-order chi connectivity index (χ0) is 13.7. The van der Waals surface area contributed by atoms with E-state index in [4.69, 9.17) is 5.84 Å². The molecule has 2 aromatic heterocycles. The molecule has 1 amide bonds. The van der Waals surface area contributed by atoms with Gasteiger partial charge in [0.15, 0.2) is 0 Å². The molecule has 0 radical (unpaired) electrons. The molecule has 0 aliphatic heterocycles. The lowest BCUT2D eigenvalue weighted by atomic mass is 10.1. The van der Waals surface area contributed by atoms with Gasteiger partial charge in [0.25, 0.3) is 5.91 Å². The van der Waals surface area contributed by atoms with Crippen molar-refractivity contribution in [3.8, 4) is 0 Å². The quantitative estimate of drug-likeness (QED) is 0.564. The van der Waals surface area contributed by atoms with Crippen LogP contribution in [-0.4, -0.2) is 20.5 Å². The molecule has 2 rings (SSSR count). The maximum Gasteiger partial charge on any atom is 0.256 e. The molecule has 0 bridgehead atoms. The van der Waals surface area contributed by atoms with E-state index in [-0.39, 0.29) is 5.91 Å². The second-order valence-corrected chi connectivity index (χ2v) is 4.65. The molecule has 0 fully saturated rings. The van der Waals surface area contributed by atoms with Crippen LogP contribution in [0, 0.1) is 0 Å². The van der Waals surface area contributed by atoms with Crippen molar-refractivity contribution in [1.82, 2.24) is 14.6 Å². The number of aryl methyl sites for hydroxylation is 1. The minimum absolute atomic E-state index is 0.234. The van der Waals surface area contributed by atoms with Gasteiger partial charge < -0.3 is 10.7 Å². The number of aromatic nitrogens is 3. The average molecular weight is 278 g/mol. The highest BCUT2D eigenvalue weighted by Crippen LogP contribution is 2.15. The Balaban J connectivity index is 2.22. The number of carbonyl (C=O) groups is 1. The summed E-state index contributed by atoms with van der Waals surface area (Å²) in [6.45, 7) is 2.05. The number of hydrogen-bond donors (Lipinski definition) is 3. The molecule has 0 saturated carbocycles. The van der Waals surface area contributed by atoms with Crippen LogP contribution >= 0.6 is 11.5 Å². The monoisotopic (exact) mass is 278 g/mol. The molecule has 0 aromatic carbocycles. The lowest BCUT2D eigenvalue weighted by molar-refractivity contribution is 0.102. The van der Waals surface area contributed by atoms with Crippen molar-refractivity contribution in [3.63, 3.8) is 0 Å². The smallest absolute Gasteiger partial charge is 0.256 e. The molecule has 0 aliphatic rings. The van der Waals surface area contributed by atoms with Gasteiger partial charge in [-0.1, -0.05) is 17.8 Å². The second-order valence-electron chi connectivity index (χ2n) is 3.86. The summed E-state index contributed by atoms with van der Waals surface area (Å²) in [6.07, 6.45) is 3.23. The average Bonchev–Trinajstić information content (AvgIpc) is 2.91. The topological polar surface area (TPSA) is 106 Å². The Morgan fingerprint density at radius 3 is 2.95 bits per heavy atom. The van der Waals surface area contributed by atoms with E-state index >= 15 is 0 Å². The third-order valence-corrected chi connectivity index (χ3v) is 2.97. The van der Waals surface area contributed by atoms with Crippen molar-refractivity contribution in [2.45, 2.75) is 19.8 Å². The number of hydrogen-bond acceptors (Lipinski definition) is 7. The summed E-state index contributed by atoms with van der Waals surface area (Å²) in [5, 5.41) is 6.97. The van der Waals surface area contributed by atoms with Crippen LogP contribution in [0.2, 0.25) is 0 Å². The Morgan fingerprint density at radius 2 is 2.32 bits per heavy atom. The Kier molecular flexibility index (Phi) is 4.37. The highest BCUT2D eigenvalue weighted by Gasteiger charge is 2.11. The molecular formula is C11H14N6OS. The highest BCUT2D eigenvalue weighted by atomic mass is 32.1. The first kappa shape index (κ1) is 13.4. The Bertz CT molecular complexity index is 556. The summed E-state index contributed by atoms with van der Waals surface area (Å²) < 4.78 is 3.68. The number of rotatable bonds is 5. The largest absolute Gasteiger partial charge is 0.311 e. The number of hydrazine groups is 1. The van der Waals surface area contributed by atoms with Crippen molar-refractivity contribution in [3.05, 3.63) is 29.6 Å². The molecule has 8 heteroatoms. The van der Waals surface area contributed by atoms with Crippen molar-refractivity contribution in [2.24, 2.45) is 5.84 Å². The normalized spacial score (nSPS) is 10.2. The van der Waals surface area contributed by atoms with Crippen LogP contribution in [0.15, 0.2) is 18.3 Å². The number of carbonyl (C=O) groups excluding carboxylic acids is 1. The summed E-state index contributed by atoms with van der Waals surface area (Å²) in [4.78, 5) is 16.4. The van der Waals surface area contributed by atoms with Gasteiger partial charge in [-0.3, -0.25) is 4.79 Å². The molecule has 0 unspecified atom stereocenters. The highest BCUT2D eigenvalue weighted by molar-refractivity contribution is 7.10. The maximum absolute atomic E-state index is 12.1. The van der Waals surface area contributed by atoms with Crippen LogP contribution in [0.25, 0.3) is 0 Å². The molecule has 2 heterocycles. The molecule has 0 saturated heterocycles. The fraction of sp³-hybridized carbons (Fsp3) is 0.273. The van der Waals surface area contributed by atoms with E-state index in [0.29, 0.717) is 16.4 Å². The Hall–Kier alpha value is -2.06. The van der Waals surface area contributed by atoms with Crippen LogP contribution in [0.3, 0.4) is 0 Å². The van der Waals surface area contributed by atoms with Crippen molar-refractivity contribution in [1.29, 1.82) is 0 Å². The standard InChI is InChI=1S/C11H14N6OS/c1-2-3-8-4-7(5-9(14-8)16-12)11(18)15-10-6-13-17-19-10/h4-6H,2-3,12H2,1H3,(H,14,16)(H,15,18). The zero-order valence-corrected chi connectivity index (χ0v) is 11.2. The van der Waals surface area contributed by atoms with E-state index in [2.05, 4.69) is 25.3 Å². The van der Waals surface area contributed by atoms with E-state index in [1.165, 1.54) is 6.20 Å². The Morgan fingerprint density at radius 1 is 1.47 bits per heavy atom. The predicted octanol–water partition coefficient (Wildman–Crippen LogP) is 1.42. The summed E-state index contributed by atoms with van der Waals surface area (Å²) in [5.41, 5.74) is 3.79. The second kappa shape index (κ2) is 6.21. The predicted molar refractivity (Wildman–Crippen MR) is 73.9 cm³/mol. The molecular weight excluding hydrogens is 264 g/mol. The van der Waals surface area contributed by atoms with Crippen molar-refractivity contribution in [2.75, 3.05) is 10.7 Å². The first-order valence-electron chi connectivity index (χ1n) is 5.79. The molecule has 100 valence electrons. The van der Waals surface area contributed by atoms with Crippen LogP contribution < -0.4 is 16.6 Å². The minimum Gasteiger partial charge on any atom is -0.311 e. The Labute approximate surface area is 114 Å². The summed E-state index contributed by atoms with van der Waals surface area (Å²) >= 11 is 1.12. The summed E-state index contributed by atoms with van der Waals surface area (Å²) in [5.74, 6) is 5.59. The molecule has 0 atom stereocenters. The lowest BCUT2D eigenvalue weighted by Crippen LogP contribution is -2.15. The zero-order valence-electron chi connectivity index (χ0n) is 10.4. The van der Waals surface area contributed by atoms with Gasteiger partial charge in [0, 0.05) is 22.8 Å². The van der Waals surface area contributed by atoms with Gasteiger partial charge in [-0.2, -0.15) is 0 Å². The van der Waals surface area contributed by atoms with Gasteiger partial charge in [0.05, 0.1) is 6.20 Å². The van der Waals surface area contributed by atoms with Gasteiger partial charge in [-0.15, -0.1) is 5.10 Å². The number of nitrogens with one attached hydrogen (secondary N) is 2. The number of nitrogens with zero attached hydrogens (tertiary/aromatic N) is 3. The molecule has 0 spiro atoms. The van der Waals surface area contributed by atoms with Gasteiger partial charge in [0.1, 0.15) is 10.8 Å². The van der Waals surface area contributed by atoms with Crippen LogP contribution in [-0.2, 0) is 6.42 Å². The SMILES string of the molecule is CCCc1cc(C(=O)Nc2cnns2)cc(NN)n1. The van der Waals surface area contributed by atoms with Crippen molar-refractivity contribution < 1.29 is 4.79 Å². The first-order valence-corrected chi connectivity index (χ1v) is 6.56. The minimum atomic E-state index is -0.234. The fourth-order valence-corrected chi connectivity index (χ4v) is 2.00. The van der Waals surface area contributed by atoms with Gasteiger partial charge in [-0.25, -0.2) is 10.8 Å². The summed E-state index contributed by atoms with van der Waals surface area (Å²) in [6, 6.07) is 3.36. The van der Waals surface area contributed by atoms with Crippen LogP contribution in [0.5, 0.6) is 0 Å². The third-order valence-electron chi connectivity index (χ3n) is 2.39. The van der Waals surface area contributed by atoms with E-state index in [1.54, 1.807) is 12.1 Å². The van der Waals surface area contributed by atoms with E-state index < -0.39 is 0 Å². The summed E-state index contributed by atoms with van der Waals surface area (Å²) in [7, 11) is 0. The molecule has 0 aliphatic carbocycles. The molecule has 4 N–H and O–H groups in total. The van der Waals surface area contributed by atoms with Crippen LogP contribution in [0.1, 0.15) is 29.4 Å². The van der Waals surface area contributed by atoms with Gasteiger partial charge in [-0.05, 0) is 18.6 Å². The van der Waals surface area contributed by atoms with E-state index in [0.717, 1.165) is 30.1 Å². The van der Waals surface area contributed by atoms with E-state index in [9.17, 15) is 4.79 Å². The van der Waals surface area contributed by atoms with Gasteiger partial charge >= 0.3 is 0 Å². The maximum atomic E-state index is 12.1. The van der Waals surface area contributed by atoms with Crippen LogP contribution in [0.4, 0.5) is 10.8 Å². The number of amides is 1. The number of nitrogen functional groups attached to an aromatic ring is 1. The molecule has 7 nitrogen and oxygen atoms in total. The van der Waals surface area contributed by atoms with E-state index in [1.807, 2.05) is 6.92 Å². The number of anilines is 2. The molecule has 19 heavy (non-hydrogen) atoms. The third kappa shape index (κ3) is 3.46. The lowest BCUT2D eigenvalue weighted by Gasteiger charge is -2.07. The van der Waals surface area contributed by atoms with Crippen molar-refractivity contribution >= 4 is 28.3 Å². The first-order chi connectivity index (χ1) is 9.22. The molecule has 2 aromatic rings. The number of nitrogens with two attached hydrogens (primary N) is 1. The number of pyridine rings is 1. The fourth-order valence-electron chi connectivity index (χ4n) is 1.58.